The van der Waals surface area contributed by atoms with Crippen LogP contribution in [-0.2, 0) is 13.0 Å². The fourth-order valence-electron chi connectivity index (χ4n) is 3.18. The molecule has 0 aliphatic carbocycles. The van der Waals surface area contributed by atoms with Gasteiger partial charge in [0.25, 0.3) is 5.91 Å². The van der Waals surface area contributed by atoms with Crippen LogP contribution in [0.25, 0.3) is 0 Å². The van der Waals surface area contributed by atoms with Gasteiger partial charge in [0, 0.05) is 19.2 Å². The molecule has 1 aliphatic heterocycles. The molecule has 2 heterocycles. The number of fused-ring (bicyclic) bond motifs is 1. The Labute approximate surface area is 131 Å². The lowest BCUT2D eigenvalue weighted by Gasteiger charge is -2.16. The third kappa shape index (κ3) is 2.91. The number of nitrogens with one attached hydrogen (secondary N) is 1. The van der Waals surface area contributed by atoms with E-state index in [0.717, 1.165) is 30.8 Å². The van der Waals surface area contributed by atoms with E-state index in [9.17, 15) is 4.79 Å². The van der Waals surface area contributed by atoms with Crippen molar-refractivity contribution in [3.8, 4) is 0 Å². The SMILES string of the molecule is Cc1ccc([C@@H](C)NC(=O)c2cn3c(n2)CCCC3)c(C)c1. The van der Waals surface area contributed by atoms with E-state index in [4.69, 9.17) is 0 Å². The number of carbonyl (C=O) groups is 1. The molecule has 4 nitrogen and oxygen atoms in total. The predicted molar refractivity (Wildman–Crippen MR) is 87.0 cm³/mol. The number of hydrogen-bond acceptors (Lipinski definition) is 2. The third-order valence-corrected chi connectivity index (χ3v) is 4.38. The van der Waals surface area contributed by atoms with Gasteiger partial charge in [-0.05, 0) is 44.7 Å². The summed E-state index contributed by atoms with van der Waals surface area (Å²) in [6.07, 6.45) is 5.19. The van der Waals surface area contributed by atoms with Crippen molar-refractivity contribution in [3.05, 3.63) is 52.6 Å². The monoisotopic (exact) mass is 297 g/mol. The largest absolute Gasteiger partial charge is 0.344 e. The van der Waals surface area contributed by atoms with Crippen LogP contribution in [0.5, 0.6) is 0 Å². The number of hydrogen-bond donors (Lipinski definition) is 1. The minimum absolute atomic E-state index is 0.0215. The molecule has 1 amide bonds. The second-order valence-electron chi connectivity index (χ2n) is 6.25. The summed E-state index contributed by atoms with van der Waals surface area (Å²) >= 11 is 0. The van der Waals surface area contributed by atoms with E-state index in [0.29, 0.717) is 5.69 Å². The molecule has 3 rings (SSSR count). The van der Waals surface area contributed by atoms with Crippen LogP contribution in [0, 0.1) is 13.8 Å². The molecule has 0 fully saturated rings. The van der Waals surface area contributed by atoms with Gasteiger partial charge in [0.1, 0.15) is 11.5 Å². The molecule has 1 aromatic carbocycles. The molecule has 0 saturated heterocycles. The van der Waals surface area contributed by atoms with Crippen LogP contribution < -0.4 is 5.32 Å². The maximum atomic E-state index is 12.4. The summed E-state index contributed by atoms with van der Waals surface area (Å²) in [5, 5.41) is 3.07. The molecule has 0 bridgehead atoms. The molecule has 4 heteroatoms. The molecule has 1 aromatic heterocycles. The number of carbonyl (C=O) groups excluding carboxylic acids is 1. The lowest BCUT2D eigenvalue weighted by Crippen LogP contribution is -2.27. The quantitative estimate of drug-likeness (QED) is 0.944. The first kappa shape index (κ1) is 14.8. The Kier molecular flexibility index (Phi) is 4.01. The van der Waals surface area contributed by atoms with E-state index in [2.05, 4.69) is 46.9 Å². The maximum absolute atomic E-state index is 12.4. The Hall–Kier alpha value is -2.10. The van der Waals surface area contributed by atoms with Gasteiger partial charge in [0.05, 0.1) is 6.04 Å². The molecule has 1 aliphatic rings. The van der Waals surface area contributed by atoms with Crippen molar-refractivity contribution in [1.29, 1.82) is 0 Å². The molecule has 0 radical (unpaired) electrons. The summed E-state index contributed by atoms with van der Waals surface area (Å²) in [7, 11) is 0. The van der Waals surface area contributed by atoms with Crippen LogP contribution in [0.3, 0.4) is 0 Å². The summed E-state index contributed by atoms with van der Waals surface area (Å²) in [5.74, 6) is 0.949. The number of rotatable bonds is 3. The van der Waals surface area contributed by atoms with Crippen LogP contribution >= 0.6 is 0 Å². The highest BCUT2D eigenvalue weighted by Gasteiger charge is 2.19. The minimum Gasteiger partial charge on any atom is -0.344 e. The van der Waals surface area contributed by atoms with Crippen molar-refractivity contribution in [3.63, 3.8) is 0 Å². The zero-order chi connectivity index (χ0) is 15.7. The van der Waals surface area contributed by atoms with Crippen LogP contribution in [-0.4, -0.2) is 15.5 Å². The van der Waals surface area contributed by atoms with Crippen LogP contribution in [0.4, 0.5) is 0 Å². The smallest absolute Gasteiger partial charge is 0.271 e. The Balaban J connectivity index is 1.74. The number of aryl methyl sites for hydroxylation is 4. The minimum atomic E-state index is -0.0885. The Morgan fingerprint density at radius 1 is 1.32 bits per heavy atom. The second-order valence-corrected chi connectivity index (χ2v) is 6.25. The lowest BCUT2D eigenvalue weighted by atomic mass is 10.0. The van der Waals surface area contributed by atoms with Gasteiger partial charge in [-0.2, -0.15) is 0 Å². The van der Waals surface area contributed by atoms with E-state index in [1.807, 2.05) is 13.1 Å². The van der Waals surface area contributed by atoms with Gasteiger partial charge in [-0.15, -0.1) is 0 Å². The van der Waals surface area contributed by atoms with E-state index >= 15 is 0 Å². The average Bonchev–Trinajstić information content (AvgIpc) is 2.91. The molecule has 2 aromatic rings. The summed E-state index contributed by atoms with van der Waals surface area (Å²) < 4.78 is 2.11. The molecule has 1 N–H and O–H groups in total. The van der Waals surface area contributed by atoms with Crippen molar-refractivity contribution in [2.45, 2.75) is 52.6 Å². The highest BCUT2D eigenvalue weighted by Crippen LogP contribution is 2.20. The third-order valence-electron chi connectivity index (χ3n) is 4.38. The first-order valence-corrected chi connectivity index (χ1v) is 7.98. The normalized spacial score (nSPS) is 15.2. The van der Waals surface area contributed by atoms with Crippen molar-refractivity contribution in [2.75, 3.05) is 0 Å². The van der Waals surface area contributed by atoms with Gasteiger partial charge in [-0.3, -0.25) is 4.79 Å². The molecular weight excluding hydrogens is 274 g/mol. The second kappa shape index (κ2) is 5.95. The Morgan fingerprint density at radius 3 is 2.86 bits per heavy atom. The summed E-state index contributed by atoms with van der Waals surface area (Å²) in [4.78, 5) is 16.9. The number of nitrogens with zero attached hydrogens (tertiary/aromatic N) is 2. The van der Waals surface area contributed by atoms with Crippen LogP contribution in [0.15, 0.2) is 24.4 Å². The van der Waals surface area contributed by atoms with E-state index in [1.54, 1.807) is 0 Å². The summed E-state index contributed by atoms with van der Waals surface area (Å²) in [6, 6.07) is 6.30. The Morgan fingerprint density at radius 2 is 2.14 bits per heavy atom. The van der Waals surface area contributed by atoms with Crippen molar-refractivity contribution >= 4 is 5.91 Å². The summed E-state index contributed by atoms with van der Waals surface area (Å²) in [5.41, 5.74) is 4.13. The number of aromatic nitrogens is 2. The number of benzene rings is 1. The van der Waals surface area contributed by atoms with Gasteiger partial charge in [0.15, 0.2) is 0 Å². The van der Waals surface area contributed by atoms with Crippen molar-refractivity contribution < 1.29 is 4.79 Å². The molecule has 1 atom stereocenters. The zero-order valence-electron chi connectivity index (χ0n) is 13.5. The summed E-state index contributed by atoms with van der Waals surface area (Å²) in [6.45, 7) is 7.16. The van der Waals surface area contributed by atoms with Gasteiger partial charge >= 0.3 is 0 Å². The van der Waals surface area contributed by atoms with E-state index in [1.165, 1.54) is 17.5 Å². The first-order chi connectivity index (χ1) is 10.5. The number of amides is 1. The Bertz CT molecular complexity index is 679. The van der Waals surface area contributed by atoms with E-state index in [-0.39, 0.29) is 11.9 Å². The van der Waals surface area contributed by atoms with E-state index < -0.39 is 0 Å². The average molecular weight is 297 g/mol. The van der Waals surface area contributed by atoms with Gasteiger partial charge < -0.3 is 9.88 Å². The molecular formula is C18H23N3O. The van der Waals surface area contributed by atoms with Crippen LogP contribution in [0.2, 0.25) is 0 Å². The highest BCUT2D eigenvalue weighted by molar-refractivity contribution is 5.92. The first-order valence-electron chi connectivity index (χ1n) is 7.98. The van der Waals surface area contributed by atoms with Gasteiger partial charge in [-0.1, -0.05) is 23.8 Å². The molecule has 22 heavy (non-hydrogen) atoms. The molecule has 0 unspecified atom stereocenters. The molecule has 0 saturated carbocycles. The molecule has 116 valence electrons. The van der Waals surface area contributed by atoms with Crippen molar-refractivity contribution in [1.82, 2.24) is 14.9 Å². The van der Waals surface area contributed by atoms with Crippen molar-refractivity contribution in [2.24, 2.45) is 0 Å². The van der Waals surface area contributed by atoms with Gasteiger partial charge in [0.2, 0.25) is 0 Å². The molecule has 0 spiro atoms. The number of imidazole rings is 1. The topological polar surface area (TPSA) is 46.9 Å². The zero-order valence-corrected chi connectivity index (χ0v) is 13.5. The predicted octanol–water partition coefficient (Wildman–Crippen LogP) is 3.33. The fraction of sp³-hybridized carbons (Fsp3) is 0.444. The standard InChI is InChI=1S/C18H23N3O/c1-12-7-8-15(13(2)10-12)14(3)19-18(22)16-11-21-9-5-4-6-17(21)20-16/h7-8,10-11,14H,4-6,9H2,1-3H3,(H,19,22)/t14-/m1/s1. The van der Waals surface area contributed by atoms with Gasteiger partial charge in [-0.25, -0.2) is 4.98 Å². The fourth-order valence-corrected chi connectivity index (χ4v) is 3.18. The highest BCUT2D eigenvalue weighted by atomic mass is 16.2. The lowest BCUT2D eigenvalue weighted by molar-refractivity contribution is 0.0935. The van der Waals surface area contributed by atoms with Crippen LogP contribution in [0.1, 0.15) is 58.8 Å². The maximum Gasteiger partial charge on any atom is 0.271 e.